The largest absolute Gasteiger partial charge is 0.497 e. The van der Waals surface area contributed by atoms with Gasteiger partial charge in [0.25, 0.3) is 0 Å². The van der Waals surface area contributed by atoms with Crippen molar-refractivity contribution in [3.8, 4) is 5.75 Å². The third-order valence-corrected chi connectivity index (χ3v) is 7.44. The molecule has 0 spiro atoms. The highest BCUT2D eigenvalue weighted by Crippen LogP contribution is 2.22. The normalized spacial score (nSPS) is 15.7. The van der Waals surface area contributed by atoms with Crippen molar-refractivity contribution in [2.45, 2.75) is 50.0 Å². The monoisotopic (exact) mass is 430 g/mol. The second-order valence-corrected chi connectivity index (χ2v) is 9.49. The number of benzene rings is 2. The molecule has 1 aliphatic rings. The van der Waals surface area contributed by atoms with Gasteiger partial charge in [0.05, 0.1) is 18.0 Å². The number of methoxy groups -OCH3 is 1. The van der Waals surface area contributed by atoms with Crippen LogP contribution >= 0.6 is 0 Å². The van der Waals surface area contributed by atoms with Crippen molar-refractivity contribution < 1.29 is 17.9 Å². The van der Waals surface area contributed by atoms with Gasteiger partial charge in [0.15, 0.2) is 0 Å². The zero-order valence-electron chi connectivity index (χ0n) is 17.6. The van der Waals surface area contributed by atoms with Crippen molar-refractivity contribution in [1.82, 2.24) is 9.62 Å². The van der Waals surface area contributed by atoms with E-state index in [1.165, 1.54) is 0 Å². The molecule has 1 heterocycles. The van der Waals surface area contributed by atoms with Gasteiger partial charge in [-0.05, 0) is 61.1 Å². The van der Waals surface area contributed by atoms with E-state index in [2.05, 4.69) is 5.32 Å². The summed E-state index contributed by atoms with van der Waals surface area (Å²) in [6.45, 7) is 3.23. The molecule has 1 amide bonds. The van der Waals surface area contributed by atoms with Gasteiger partial charge in [0.1, 0.15) is 5.75 Å². The van der Waals surface area contributed by atoms with Crippen molar-refractivity contribution >= 4 is 15.9 Å². The number of ether oxygens (including phenoxy) is 1. The van der Waals surface area contributed by atoms with Crippen LogP contribution in [0.5, 0.6) is 5.75 Å². The van der Waals surface area contributed by atoms with Crippen LogP contribution in [-0.4, -0.2) is 38.8 Å². The SMILES string of the molecule is CCC(NC(=O)CCc1ccc(S(=O)(=O)N2CCCC2)cc1)c1ccc(OC)cc1. The third-order valence-electron chi connectivity index (χ3n) is 5.53. The first-order valence-electron chi connectivity index (χ1n) is 10.5. The van der Waals surface area contributed by atoms with Crippen molar-refractivity contribution in [2.24, 2.45) is 0 Å². The average Bonchev–Trinajstić information content (AvgIpc) is 3.32. The first-order chi connectivity index (χ1) is 14.4. The zero-order valence-corrected chi connectivity index (χ0v) is 18.5. The fraction of sp³-hybridized carbons (Fsp3) is 0.435. The van der Waals surface area contributed by atoms with Gasteiger partial charge in [-0.25, -0.2) is 8.42 Å². The van der Waals surface area contributed by atoms with Gasteiger partial charge in [-0.15, -0.1) is 0 Å². The Labute approximate surface area is 179 Å². The fourth-order valence-corrected chi connectivity index (χ4v) is 5.20. The van der Waals surface area contributed by atoms with Crippen molar-refractivity contribution in [1.29, 1.82) is 0 Å². The topological polar surface area (TPSA) is 75.7 Å². The molecule has 30 heavy (non-hydrogen) atoms. The van der Waals surface area contributed by atoms with Crippen LogP contribution in [0.3, 0.4) is 0 Å². The predicted molar refractivity (Wildman–Crippen MR) is 117 cm³/mol. The Hall–Kier alpha value is -2.38. The highest BCUT2D eigenvalue weighted by atomic mass is 32.2. The molecule has 0 aromatic heterocycles. The van der Waals surface area contributed by atoms with E-state index < -0.39 is 10.0 Å². The van der Waals surface area contributed by atoms with E-state index in [9.17, 15) is 13.2 Å². The minimum atomic E-state index is -3.40. The zero-order chi connectivity index (χ0) is 21.6. The molecular formula is C23H30N2O4S. The molecule has 6 nitrogen and oxygen atoms in total. The number of aryl methyl sites for hydroxylation is 1. The van der Waals surface area contributed by atoms with Crippen LogP contribution in [0.15, 0.2) is 53.4 Å². The highest BCUT2D eigenvalue weighted by molar-refractivity contribution is 7.89. The van der Waals surface area contributed by atoms with E-state index >= 15 is 0 Å². The van der Waals surface area contributed by atoms with E-state index in [0.717, 1.165) is 36.1 Å². The number of nitrogens with zero attached hydrogens (tertiary/aromatic N) is 1. The number of carbonyl (C=O) groups is 1. The van der Waals surface area contributed by atoms with Crippen molar-refractivity contribution in [3.05, 3.63) is 59.7 Å². The molecule has 0 saturated carbocycles. The molecule has 0 aliphatic carbocycles. The number of rotatable bonds is 9. The number of hydrogen-bond donors (Lipinski definition) is 1. The standard InChI is InChI=1S/C23H30N2O4S/c1-3-22(19-9-11-20(29-2)12-10-19)24-23(26)15-8-18-6-13-21(14-7-18)30(27,28)25-16-4-5-17-25/h6-7,9-14,22H,3-5,8,15-17H2,1-2H3,(H,24,26). The van der Waals surface area contributed by atoms with E-state index in [1.807, 2.05) is 31.2 Å². The van der Waals surface area contributed by atoms with Gasteiger partial charge in [0, 0.05) is 19.5 Å². The summed E-state index contributed by atoms with van der Waals surface area (Å²) in [5, 5.41) is 3.08. The van der Waals surface area contributed by atoms with E-state index in [0.29, 0.717) is 30.8 Å². The molecule has 1 aliphatic heterocycles. The number of nitrogens with one attached hydrogen (secondary N) is 1. The Morgan fingerprint density at radius 3 is 2.27 bits per heavy atom. The molecule has 1 saturated heterocycles. The van der Waals surface area contributed by atoms with Gasteiger partial charge in [-0.2, -0.15) is 4.31 Å². The lowest BCUT2D eigenvalue weighted by molar-refractivity contribution is -0.121. The summed E-state index contributed by atoms with van der Waals surface area (Å²) < 4.78 is 31.9. The molecule has 7 heteroatoms. The molecule has 1 unspecified atom stereocenters. The maximum Gasteiger partial charge on any atom is 0.243 e. The van der Waals surface area contributed by atoms with Crippen molar-refractivity contribution in [2.75, 3.05) is 20.2 Å². The Bertz CT molecular complexity index is 934. The van der Waals surface area contributed by atoms with Crippen LogP contribution in [0, 0.1) is 0 Å². The number of sulfonamides is 1. The lowest BCUT2D eigenvalue weighted by atomic mass is 10.0. The van der Waals surface area contributed by atoms with Gasteiger partial charge < -0.3 is 10.1 Å². The van der Waals surface area contributed by atoms with Crippen LogP contribution in [0.1, 0.15) is 49.8 Å². The lowest BCUT2D eigenvalue weighted by Crippen LogP contribution is -2.28. The highest BCUT2D eigenvalue weighted by Gasteiger charge is 2.26. The van der Waals surface area contributed by atoms with Crippen LogP contribution in [0.25, 0.3) is 0 Å². The smallest absolute Gasteiger partial charge is 0.243 e. The molecule has 0 radical (unpaired) electrons. The summed E-state index contributed by atoms with van der Waals surface area (Å²) in [5.41, 5.74) is 1.99. The fourth-order valence-electron chi connectivity index (χ4n) is 3.69. The third kappa shape index (κ3) is 5.40. The number of carbonyl (C=O) groups excluding carboxylic acids is 1. The summed E-state index contributed by atoms with van der Waals surface area (Å²) >= 11 is 0. The second kappa shape index (κ2) is 10.1. The lowest BCUT2D eigenvalue weighted by Gasteiger charge is -2.18. The maximum atomic E-state index is 12.6. The first-order valence-corrected chi connectivity index (χ1v) is 11.9. The second-order valence-electron chi connectivity index (χ2n) is 7.56. The molecule has 1 atom stereocenters. The van der Waals surface area contributed by atoms with Crippen LogP contribution in [-0.2, 0) is 21.2 Å². The van der Waals surface area contributed by atoms with Crippen LogP contribution < -0.4 is 10.1 Å². The average molecular weight is 431 g/mol. The summed E-state index contributed by atoms with van der Waals surface area (Å²) in [6, 6.07) is 14.6. The van der Waals surface area contributed by atoms with E-state index in [1.54, 1.807) is 35.7 Å². The summed E-state index contributed by atoms with van der Waals surface area (Å²) in [5.74, 6) is 0.765. The molecule has 2 aromatic carbocycles. The Morgan fingerprint density at radius 1 is 1.07 bits per heavy atom. The predicted octanol–water partition coefficient (Wildman–Crippen LogP) is 3.68. The molecular weight excluding hydrogens is 400 g/mol. The maximum absolute atomic E-state index is 12.6. The van der Waals surface area contributed by atoms with Crippen molar-refractivity contribution in [3.63, 3.8) is 0 Å². The minimum absolute atomic E-state index is 0.0218. The van der Waals surface area contributed by atoms with E-state index in [-0.39, 0.29) is 11.9 Å². The summed E-state index contributed by atoms with van der Waals surface area (Å²) in [4.78, 5) is 12.8. The number of amides is 1. The van der Waals surface area contributed by atoms with Gasteiger partial charge in [-0.1, -0.05) is 31.2 Å². The Morgan fingerprint density at radius 2 is 1.70 bits per heavy atom. The van der Waals surface area contributed by atoms with Crippen LogP contribution in [0.4, 0.5) is 0 Å². The molecule has 2 aromatic rings. The van der Waals surface area contributed by atoms with E-state index in [4.69, 9.17) is 4.74 Å². The molecule has 3 rings (SSSR count). The Balaban J connectivity index is 1.54. The Kier molecular flexibility index (Phi) is 7.50. The molecule has 1 fully saturated rings. The molecule has 0 bridgehead atoms. The summed E-state index contributed by atoms with van der Waals surface area (Å²) in [7, 11) is -1.77. The molecule has 162 valence electrons. The summed E-state index contributed by atoms with van der Waals surface area (Å²) in [6.07, 6.45) is 3.55. The van der Waals surface area contributed by atoms with Gasteiger partial charge in [-0.3, -0.25) is 4.79 Å². The minimum Gasteiger partial charge on any atom is -0.497 e. The van der Waals surface area contributed by atoms with Gasteiger partial charge >= 0.3 is 0 Å². The number of hydrogen-bond acceptors (Lipinski definition) is 4. The molecule has 1 N–H and O–H groups in total. The quantitative estimate of drug-likeness (QED) is 0.658. The van der Waals surface area contributed by atoms with Crippen LogP contribution in [0.2, 0.25) is 0 Å². The van der Waals surface area contributed by atoms with Gasteiger partial charge in [0.2, 0.25) is 15.9 Å². The first kappa shape index (κ1) is 22.3.